The van der Waals surface area contributed by atoms with Crippen LogP contribution in [0.1, 0.15) is 32.9 Å². The van der Waals surface area contributed by atoms with Gasteiger partial charge in [-0.1, -0.05) is 42.0 Å². The summed E-state index contributed by atoms with van der Waals surface area (Å²) in [5, 5.41) is 9.97. The highest BCUT2D eigenvalue weighted by Gasteiger charge is 2.20. The van der Waals surface area contributed by atoms with Gasteiger partial charge in [0.2, 0.25) is 0 Å². The van der Waals surface area contributed by atoms with Gasteiger partial charge in [0.25, 0.3) is 5.91 Å². The Hall–Kier alpha value is -3.45. The van der Waals surface area contributed by atoms with Gasteiger partial charge in [-0.25, -0.2) is 4.98 Å². The number of hydrogen-bond acceptors (Lipinski definition) is 5. The normalized spacial score (nSPS) is 10.8. The van der Waals surface area contributed by atoms with Crippen molar-refractivity contribution >= 4 is 22.4 Å². The van der Waals surface area contributed by atoms with Crippen LogP contribution in [-0.2, 0) is 6.54 Å². The maximum Gasteiger partial charge on any atom is 0.261 e. The number of nitrogens with one attached hydrogen (secondary N) is 1. The van der Waals surface area contributed by atoms with E-state index in [2.05, 4.69) is 15.4 Å². The molecule has 0 aliphatic rings. The summed E-state index contributed by atoms with van der Waals surface area (Å²) in [7, 11) is 1.64. The van der Waals surface area contributed by atoms with Gasteiger partial charge in [-0.05, 0) is 38.5 Å². The Bertz CT molecular complexity index is 1230. The first-order valence-corrected chi connectivity index (χ1v) is 10.8. The molecule has 4 rings (SSSR count). The largest absolute Gasteiger partial charge is 0.496 e. The minimum absolute atomic E-state index is 0.202. The summed E-state index contributed by atoms with van der Waals surface area (Å²) in [6.07, 6.45) is 0. The second-order valence-corrected chi connectivity index (χ2v) is 8.24. The van der Waals surface area contributed by atoms with Crippen LogP contribution in [0.5, 0.6) is 5.75 Å². The number of aromatic nitrogens is 3. The molecular weight excluding hydrogens is 408 g/mol. The zero-order valence-corrected chi connectivity index (χ0v) is 18.8. The molecule has 0 unspecified atom stereocenters. The minimum atomic E-state index is -0.202. The highest BCUT2D eigenvalue weighted by atomic mass is 32.1. The molecule has 7 heteroatoms. The highest BCUT2D eigenvalue weighted by molar-refractivity contribution is 7.14. The number of aryl methyl sites for hydroxylation is 2. The predicted molar refractivity (Wildman–Crippen MR) is 124 cm³/mol. The van der Waals surface area contributed by atoms with Gasteiger partial charge in [-0.15, -0.1) is 11.3 Å². The van der Waals surface area contributed by atoms with Crippen molar-refractivity contribution in [3.8, 4) is 17.0 Å². The molecule has 6 nitrogen and oxygen atoms in total. The van der Waals surface area contributed by atoms with Crippen LogP contribution in [-0.4, -0.2) is 27.8 Å². The summed E-state index contributed by atoms with van der Waals surface area (Å²) in [6, 6.07) is 16.0. The number of nitrogens with zero attached hydrogens (tertiary/aromatic N) is 3. The molecule has 0 fully saturated rings. The van der Waals surface area contributed by atoms with Crippen molar-refractivity contribution in [2.24, 2.45) is 0 Å². The first-order chi connectivity index (χ1) is 15.0. The molecule has 1 amide bonds. The van der Waals surface area contributed by atoms with Crippen molar-refractivity contribution in [2.75, 3.05) is 12.4 Å². The third-order valence-electron chi connectivity index (χ3n) is 5.14. The number of amides is 1. The number of methoxy groups -OCH3 is 1. The molecule has 2 aromatic carbocycles. The standard InChI is InChI=1S/C24H24N4O2S/c1-15-10-11-21(30-4)19(12-15)20-14-31-24(25-20)26-23(29)22-16(2)27-28(17(22)3)13-18-8-6-5-7-9-18/h5-12,14H,13H2,1-4H3,(H,25,26,29). The third kappa shape index (κ3) is 4.36. The van der Waals surface area contributed by atoms with Crippen LogP contribution in [0.2, 0.25) is 0 Å². The number of hydrogen-bond donors (Lipinski definition) is 1. The molecule has 31 heavy (non-hydrogen) atoms. The van der Waals surface area contributed by atoms with Crippen LogP contribution >= 0.6 is 11.3 Å². The molecule has 1 N–H and O–H groups in total. The van der Waals surface area contributed by atoms with E-state index in [-0.39, 0.29) is 5.91 Å². The molecule has 0 radical (unpaired) electrons. The van der Waals surface area contributed by atoms with Gasteiger partial charge in [-0.3, -0.25) is 14.8 Å². The van der Waals surface area contributed by atoms with Crippen LogP contribution in [0.25, 0.3) is 11.3 Å². The molecule has 0 aliphatic carbocycles. The van der Waals surface area contributed by atoms with Crippen LogP contribution < -0.4 is 10.1 Å². The van der Waals surface area contributed by atoms with E-state index >= 15 is 0 Å². The highest BCUT2D eigenvalue weighted by Crippen LogP contribution is 2.33. The predicted octanol–water partition coefficient (Wildman–Crippen LogP) is 5.24. The number of benzene rings is 2. The summed E-state index contributed by atoms with van der Waals surface area (Å²) in [6.45, 7) is 6.42. The topological polar surface area (TPSA) is 69.0 Å². The SMILES string of the molecule is COc1ccc(C)cc1-c1csc(NC(=O)c2c(C)nn(Cc3ccccc3)c2C)n1. The Balaban J connectivity index is 1.55. The number of rotatable bonds is 6. The Morgan fingerprint density at radius 3 is 2.65 bits per heavy atom. The lowest BCUT2D eigenvalue weighted by Gasteiger charge is -2.07. The second-order valence-electron chi connectivity index (χ2n) is 7.38. The van der Waals surface area contributed by atoms with E-state index in [0.29, 0.717) is 22.9 Å². The molecule has 4 aromatic rings. The van der Waals surface area contributed by atoms with Crippen molar-refractivity contribution in [3.63, 3.8) is 0 Å². The first-order valence-electron chi connectivity index (χ1n) is 9.96. The Kier molecular flexibility index (Phi) is 5.86. The molecule has 0 aliphatic heterocycles. The van der Waals surface area contributed by atoms with E-state index in [4.69, 9.17) is 4.74 Å². The molecule has 0 atom stereocenters. The Morgan fingerprint density at radius 1 is 1.13 bits per heavy atom. The van der Waals surface area contributed by atoms with E-state index < -0.39 is 0 Å². The lowest BCUT2D eigenvalue weighted by atomic mass is 10.1. The Morgan fingerprint density at radius 2 is 1.90 bits per heavy atom. The quantitative estimate of drug-likeness (QED) is 0.452. The number of ether oxygens (including phenoxy) is 1. The first kappa shape index (κ1) is 20.8. The van der Waals surface area contributed by atoms with Crippen LogP contribution in [0.4, 0.5) is 5.13 Å². The van der Waals surface area contributed by atoms with Gasteiger partial charge in [0.15, 0.2) is 5.13 Å². The fraction of sp³-hybridized carbons (Fsp3) is 0.208. The van der Waals surface area contributed by atoms with E-state index in [0.717, 1.165) is 33.8 Å². The van der Waals surface area contributed by atoms with E-state index in [1.165, 1.54) is 11.3 Å². The minimum Gasteiger partial charge on any atom is -0.496 e. The lowest BCUT2D eigenvalue weighted by molar-refractivity contribution is 0.102. The summed E-state index contributed by atoms with van der Waals surface area (Å²) in [5.41, 5.74) is 6.04. The fourth-order valence-corrected chi connectivity index (χ4v) is 4.28. The van der Waals surface area contributed by atoms with Crippen molar-refractivity contribution in [3.05, 3.63) is 82.0 Å². The van der Waals surface area contributed by atoms with Gasteiger partial charge in [0.1, 0.15) is 5.75 Å². The van der Waals surface area contributed by atoms with E-state index in [1.807, 2.05) is 79.4 Å². The van der Waals surface area contributed by atoms with Crippen molar-refractivity contribution in [1.82, 2.24) is 14.8 Å². The van der Waals surface area contributed by atoms with Crippen molar-refractivity contribution in [2.45, 2.75) is 27.3 Å². The molecule has 0 bridgehead atoms. The summed E-state index contributed by atoms with van der Waals surface area (Å²) < 4.78 is 7.33. The number of thiazole rings is 1. The number of carbonyl (C=O) groups excluding carboxylic acids is 1. The van der Waals surface area contributed by atoms with Crippen molar-refractivity contribution in [1.29, 1.82) is 0 Å². The smallest absolute Gasteiger partial charge is 0.261 e. The van der Waals surface area contributed by atoms with Crippen LogP contribution in [0, 0.1) is 20.8 Å². The molecule has 0 spiro atoms. The zero-order chi connectivity index (χ0) is 22.0. The van der Waals surface area contributed by atoms with Crippen LogP contribution in [0.3, 0.4) is 0 Å². The van der Waals surface area contributed by atoms with Gasteiger partial charge >= 0.3 is 0 Å². The van der Waals surface area contributed by atoms with Crippen molar-refractivity contribution < 1.29 is 9.53 Å². The number of carbonyl (C=O) groups is 1. The second kappa shape index (κ2) is 8.73. The van der Waals surface area contributed by atoms with E-state index in [9.17, 15) is 4.79 Å². The van der Waals surface area contributed by atoms with Gasteiger partial charge < -0.3 is 4.74 Å². The maximum absolute atomic E-state index is 13.0. The molecule has 158 valence electrons. The zero-order valence-electron chi connectivity index (χ0n) is 18.0. The van der Waals surface area contributed by atoms with Gasteiger partial charge in [0, 0.05) is 16.6 Å². The molecule has 0 saturated heterocycles. The van der Waals surface area contributed by atoms with Gasteiger partial charge in [-0.2, -0.15) is 5.10 Å². The molecule has 2 aromatic heterocycles. The van der Waals surface area contributed by atoms with Crippen LogP contribution in [0.15, 0.2) is 53.9 Å². The summed E-state index contributed by atoms with van der Waals surface area (Å²) >= 11 is 1.39. The average Bonchev–Trinajstić information content (AvgIpc) is 3.32. The molecule has 0 saturated carbocycles. The monoisotopic (exact) mass is 432 g/mol. The summed E-state index contributed by atoms with van der Waals surface area (Å²) in [4.78, 5) is 17.6. The summed E-state index contributed by atoms with van der Waals surface area (Å²) in [5.74, 6) is 0.550. The van der Waals surface area contributed by atoms with Gasteiger partial charge in [0.05, 0.1) is 30.6 Å². The maximum atomic E-state index is 13.0. The third-order valence-corrected chi connectivity index (χ3v) is 5.90. The van der Waals surface area contributed by atoms with E-state index in [1.54, 1.807) is 7.11 Å². The lowest BCUT2D eigenvalue weighted by Crippen LogP contribution is -2.14. The Labute approximate surface area is 185 Å². The average molecular weight is 433 g/mol. The number of anilines is 1. The molecular formula is C24H24N4O2S. The fourth-order valence-electron chi connectivity index (χ4n) is 3.57. The molecule has 2 heterocycles.